The molecular formula is C38H41P3. The van der Waals surface area contributed by atoms with Crippen molar-refractivity contribution in [1.82, 2.24) is 0 Å². The Balaban J connectivity index is 1.54. The van der Waals surface area contributed by atoms with E-state index >= 15 is 0 Å². The molecule has 208 valence electrons. The number of benzene rings is 5. The molecule has 3 heteroatoms. The molecule has 2 atom stereocenters. The Labute approximate surface area is 251 Å². The third-order valence-electron chi connectivity index (χ3n) is 7.94. The van der Waals surface area contributed by atoms with Gasteiger partial charge in [0.25, 0.3) is 0 Å². The van der Waals surface area contributed by atoms with Gasteiger partial charge in [-0.25, -0.2) is 0 Å². The molecule has 41 heavy (non-hydrogen) atoms. The highest BCUT2D eigenvalue weighted by atomic mass is 31.2. The molecule has 0 amide bonds. The first-order valence-electron chi connectivity index (χ1n) is 14.8. The van der Waals surface area contributed by atoms with Crippen LogP contribution in [0.1, 0.15) is 20.3 Å². The summed E-state index contributed by atoms with van der Waals surface area (Å²) in [7, 11) is -2.54. The molecule has 0 saturated carbocycles. The normalized spacial score (nSPS) is 13.7. The first kappa shape index (κ1) is 29.9. The summed E-state index contributed by atoms with van der Waals surface area (Å²) in [6.07, 6.45) is 6.45. The van der Waals surface area contributed by atoms with E-state index in [1.807, 2.05) is 0 Å². The number of rotatable bonds is 13. The topological polar surface area (TPSA) is 0 Å². The Morgan fingerprint density at radius 3 is 1.24 bits per heavy atom. The molecule has 0 fully saturated rings. The zero-order valence-corrected chi connectivity index (χ0v) is 26.9. The van der Waals surface area contributed by atoms with Crippen molar-refractivity contribution in [1.29, 1.82) is 0 Å². The van der Waals surface area contributed by atoms with Crippen molar-refractivity contribution in [2.45, 2.75) is 20.3 Å². The molecule has 0 N–H and O–H groups in total. The lowest BCUT2D eigenvalue weighted by Crippen LogP contribution is -2.26. The van der Waals surface area contributed by atoms with E-state index in [0.29, 0.717) is 5.92 Å². The smallest absolute Gasteiger partial charge is 0.0651 e. The van der Waals surface area contributed by atoms with Crippen LogP contribution < -0.4 is 26.5 Å². The third kappa shape index (κ3) is 7.62. The number of hydrogen-bond donors (Lipinski definition) is 0. The molecule has 0 aliphatic rings. The highest BCUT2D eigenvalue weighted by Crippen LogP contribution is 2.68. The van der Waals surface area contributed by atoms with E-state index in [2.05, 4.69) is 172 Å². The van der Waals surface area contributed by atoms with Gasteiger partial charge < -0.3 is 0 Å². The molecule has 0 spiro atoms. The quantitative estimate of drug-likeness (QED) is 0.0950. The minimum absolute atomic E-state index is 0.439. The summed E-state index contributed by atoms with van der Waals surface area (Å²) in [5.41, 5.74) is 0. The van der Waals surface area contributed by atoms with Crippen molar-refractivity contribution < 1.29 is 0 Å². The predicted octanol–water partition coefficient (Wildman–Crippen LogP) is 8.76. The monoisotopic (exact) mass is 590 g/mol. The maximum absolute atomic E-state index is 2.89. The molecule has 5 rings (SSSR count). The van der Waals surface area contributed by atoms with Gasteiger partial charge in [-0.05, 0) is 62.3 Å². The Morgan fingerprint density at radius 1 is 0.512 bits per heavy atom. The lowest BCUT2D eigenvalue weighted by atomic mass is 10.2. The lowest BCUT2D eigenvalue weighted by Gasteiger charge is -2.42. The van der Waals surface area contributed by atoms with Gasteiger partial charge in [-0.3, -0.25) is 0 Å². The van der Waals surface area contributed by atoms with Crippen molar-refractivity contribution in [3.63, 3.8) is 0 Å². The fourth-order valence-electron chi connectivity index (χ4n) is 5.60. The Morgan fingerprint density at radius 2 is 0.878 bits per heavy atom. The summed E-state index contributed by atoms with van der Waals surface area (Å²) in [6.45, 7) is 4.85. The molecule has 0 aromatic heterocycles. The van der Waals surface area contributed by atoms with Gasteiger partial charge in [0.2, 0.25) is 0 Å². The van der Waals surface area contributed by atoms with E-state index in [-0.39, 0.29) is 0 Å². The second-order valence-electron chi connectivity index (χ2n) is 10.5. The SMILES string of the molecule is CCC([CH-][P+](CC)(CP(c1ccccc1)c1ccccc1)c1ccccc1)CP(c1ccccc1)c1ccccc1. The fourth-order valence-corrected chi connectivity index (χ4v) is 17.5. The number of hydrogen-bond acceptors (Lipinski definition) is 0. The third-order valence-corrected chi connectivity index (χ3v) is 19.1. The van der Waals surface area contributed by atoms with Gasteiger partial charge in [-0.2, -0.15) is 6.16 Å². The molecule has 0 nitrogen and oxygen atoms in total. The predicted molar refractivity (Wildman–Crippen MR) is 189 cm³/mol. The summed E-state index contributed by atoms with van der Waals surface area (Å²) in [4.78, 5) is 0. The standard InChI is InChI=1S/C38H41P3/c1-3-33(30-39(34-20-10-5-11-21-34)35-22-12-6-13-23-35)31-41(4-2,38-28-18-9-19-29-38)32-40(36-24-14-7-15-25-36)37-26-16-8-17-27-37/h5-29,31,33H,3-4,30,32H2,1-2H3. The zero-order valence-electron chi connectivity index (χ0n) is 24.3. The first-order valence-corrected chi connectivity index (χ1v) is 20.0. The van der Waals surface area contributed by atoms with Crippen LogP contribution in [-0.2, 0) is 0 Å². The maximum atomic E-state index is 2.89. The van der Waals surface area contributed by atoms with E-state index in [1.165, 1.54) is 45.9 Å². The van der Waals surface area contributed by atoms with Crippen LogP contribution in [-0.4, -0.2) is 18.2 Å². The van der Waals surface area contributed by atoms with E-state index in [4.69, 9.17) is 0 Å². The van der Waals surface area contributed by atoms with E-state index < -0.39 is 23.1 Å². The Bertz CT molecular complexity index is 1350. The summed E-state index contributed by atoms with van der Waals surface area (Å²) in [6, 6.07) is 56.6. The molecular weight excluding hydrogens is 549 g/mol. The Hall–Kier alpha value is -2.61. The van der Waals surface area contributed by atoms with Gasteiger partial charge >= 0.3 is 0 Å². The molecule has 0 aliphatic heterocycles. The highest BCUT2D eigenvalue weighted by molar-refractivity contribution is 7.95. The van der Waals surface area contributed by atoms with Crippen LogP contribution in [0.25, 0.3) is 0 Å². The van der Waals surface area contributed by atoms with Gasteiger partial charge in [-0.15, -0.1) is 5.92 Å². The van der Waals surface area contributed by atoms with Crippen LogP contribution in [0.15, 0.2) is 152 Å². The van der Waals surface area contributed by atoms with Gasteiger partial charge in [-0.1, -0.05) is 160 Å². The minimum atomic E-state index is -1.61. The molecule has 0 radical (unpaired) electrons. The van der Waals surface area contributed by atoms with Crippen molar-refractivity contribution in [2.75, 3.05) is 18.2 Å². The summed E-state index contributed by atoms with van der Waals surface area (Å²) in [5.74, 6) is 1.78. The van der Waals surface area contributed by atoms with Crippen LogP contribution in [0.3, 0.4) is 0 Å². The highest BCUT2D eigenvalue weighted by Gasteiger charge is 2.36. The molecule has 0 aliphatic carbocycles. The van der Waals surface area contributed by atoms with Crippen molar-refractivity contribution in [2.24, 2.45) is 5.92 Å². The van der Waals surface area contributed by atoms with Gasteiger partial charge in [0.15, 0.2) is 0 Å². The zero-order chi connectivity index (χ0) is 28.3. The minimum Gasteiger partial charge on any atom is -0.157 e. The van der Waals surface area contributed by atoms with E-state index in [9.17, 15) is 0 Å². The van der Waals surface area contributed by atoms with E-state index in [0.717, 1.165) is 0 Å². The van der Waals surface area contributed by atoms with Crippen molar-refractivity contribution in [3.8, 4) is 0 Å². The van der Waals surface area contributed by atoms with Crippen molar-refractivity contribution in [3.05, 3.63) is 158 Å². The van der Waals surface area contributed by atoms with E-state index in [1.54, 1.807) is 5.30 Å². The second kappa shape index (κ2) is 15.0. The molecule has 0 saturated heterocycles. The summed E-state index contributed by atoms with van der Waals surface area (Å²) < 4.78 is 0. The Kier molecular flexibility index (Phi) is 11.0. The summed E-state index contributed by atoms with van der Waals surface area (Å²) in [5, 5.41) is 7.50. The average molecular weight is 591 g/mol. The van der Waals surface area contributed by atoms with Gasteiger partial charge in [0, 0.05) is 6.16 Å². The molecule has 2 unspecified atom stereocenters. The largest absolute Gasteiger partial charge is 0.157 e. The average Bonchev–Trinajstić information content (AvgIpc) is 3.06. The molecule has 5 aromatic carbocycles. The maximum Gasteiger partial charge on any atom is 0.0651 e. The van der Waals surface area contributed by atoms with Crippen LogP contribution in [0.5, 0.6) is 0 Å². The van der Waals surface area contributed by atoms with Crippen LogP contribution >= 0.6 is 23.1 Å². The van der Waals surface area contributed by atoms with Gasteiger partial charge in [0.1, 0.15) is 0 Å². The van der Waals surface area contributed by atoms with Crippen molar-refractivity contribution >= 4 is 49.6 Å². The molecule has 5 aromatic rings. The molecule has 0 bridgehead atoms. The van der Waals surface area contributed by atoms with Gasteiger partial charge in [0.05, 0.1) is 11.2 Å². The second-order valence-corrected chi connectivity index (χ2v) is 19.3. The summed E-state index contributed by atoms with van der Waals surface area (Å²) >= 11 is 0. The first-order chi connectivity index (χ1) is 20.2. The van der Waals surface area contributed by atoms with Crippen LogP contribution in [0.4, 0.5) is 0 Å². The van der Waals surface area contributed by atoms with Crippen LogP contribution in [0.2, 0.25) is 0 Å². The molecule has 0 heterocycles. The fraction of sp³-hybridized carbons (Fsp3) is 0.184. The lowest BCUT2D eigenvalue weighted by molar-refractivity contribution is 0.687. The van der Waals surface area contributed by atoms with Crippen LogP contribution in [0, 0.1) is 12.1 Å².